The molecule has 0 aromatic heterocycles. The van der Waals surface area contributed by atoms with Gasteiger partial charge in [-0.3, -0.25) is 0 Å². The van der Waals surface area contributed by atoms with E-state index in [1.165, 1.54) is 0 Å². The summed E-state index contributed by atoms with van der Waals surface area (Å²) in [5.41, 5.74) is 7.79. The lowest BCUT2D eigenvalue weighted by atomic mass is 9.83. The van der Waals surface area contributed by atoms with Gasteiger partial charge in [-0.15, -0.1) is 0 Å². The van der Waals surface area contributed by atoms with Crippen molar-refractivity contribution in [1.82, 2.24) is 0 Å². The largest absolute Gasteiger partial charge is 0.486 e. The number of nitriles is 1. The second kappa shape index (κ2) is 10.4. The van der Waals surface area contributed by atoms with Gasteiger partial charge in [0.1, 0.15) is 29.8 Å². The number of nitrogens with zero attached hydrogens (tertiary/aromatic N) is 1. The molecule has 9 heteroatoms. The Morgan fingerprint density at radius 3 is 2.53 bits per heavy atom. The fraction of sp³-hybridized carbons (Fsp3) is 0.217. The lowest BCUT2D eigenvalue weighted by molar-refractivity contribution is -0.139. The molecule has 2 aromatic carbocycles. The van der Waals surface area contributed by atoms with Gasteiger partial charge in [0, 0.05) is 10.6 Å². The standard InChI is InChI=1S/C23H19Br2ClN2O4/c1-3-30-23(29)19-12(2)32-22(28)15(10-27)20(19)14-8-16(24)21(17(25)9-14)31-11-13-6-4-5-7-18(13)26/h4-9,20H,3,11,28H2,1-2H3. The van der Waals surface area contributed by atoms with Crippen LogP contribution in [0.1, 0.15) is 30.9 Å². The molecule has 1 atom stereocenters. The quantitative estimate of drug-likeness (QED) is 0.415. The van der Waals surface area contributed by atoms with Crippen molar-refractivity contribution in [1.29, 1.82) is 5.26 Å². The number of hydrogen-bond acceptors (Lipinski definition) is 6. The molecule has 0 amide bonds. The van der Waals surface area contributed by atoms with E-state index in [1.54, 1.807) is 32.0 Å². The van der Waals surface area contributed by atoms with Crippen LogP contribution in [-0.4, -0.2) is 12.6 Å². The van der Waals surface area contributed by atoms with E-state index in [-0.39, 0.29) is 36.0 Å². The molecule has 1 aliphatic rings. The fourth-order valence-corrected chi connectivity index (χ4v) is 4.98. The summed E-state index contributed by atoms with van der Waals surface area (Å²) in [6.45, 7) is 3.77. The number of ether oxygens (including phenoxy) is 3. The van der Waals surface area contributed by atoms with E-state index >= 15 is 0 Å². The summed E-state index contributed by atoms with van der Waals surface area (Å²) in [5, 5.41) is 10.3. The summed E-state index contributed by atoms with van der Waals surface area (Å²) in [4.78, 5) is 12.7. The highest BCUT2D eigenvalue weighted by Gasteiger charge is 2.37. The smallest absolute Gasteiger partial charge is 0.338 e. The summed E-state index contributed by atoms with van der Waals surface area (Å²) in [6.07, 6.45) is 0. The van der Waals surface area contributed by atoms with E-state index in [9.17, 15) is 10.1 Å². The minimum absolute atomic E-state index is 0.0469. The predicted molar refractivity (Wildman–Crippen MR) is 128 cm³/mol. The number of carbonyl (C=O) groups is 1. The van der Waals surface area contributed by atoms with Crippen molar-refractivity contribution in [3.63, 3.8) is 0 Å². The Morgan fingerprint density at radius 1 is 1.28 bits per heavy atom. The van der Waals surface area contributed by atoms with Crippen molar-refractivity contribution in [2.24, 2.45) is 5.73 Å². The van der Waals surface area contributed by atoms with Crippen LogP contribution in [0.3, 0.4) is 0 Å². The second-order valence-corrected chi connectivity index (χ2v) is 8.92. The third kappa shape index (κ3) is 4.96. The van der Waals surface area contributed by atoms with E-state index < -0.39 is 11.9 Å². The Labute approximate surface area is 207 Å². The molecule has 32 heavy (non-hydrogen) atoms. The van der Waals surface area contributed by atoms with Crippen LogP contribution in [0.4, 0.5) is 0 Å². The number of hydrogen-bond donors (Lipinski definition) is 1. The molecule has 1 unspecified atom stereocenters. The monoisotopic (exact) mass is 580 g/mol. The Kier molecular flexibility index (Phi) is 7.88. The van der Waals surface area contributed by atoms with Crippen molar-refractivity contribution >= 4 is 49.4 Å². The van der Waals surface area contributed by atoms with Crippen molar-refractivity contribution < 1.29 is 19.0 Å². The van der Waals surface area contributed by atoms with E-state index in [0.717, 1.165) is 5.56 Å². The van der Waals surface area contributed by atoms with Crippen LogP contribution in [0.5, 0.6) is 5.75 Å². The zero-order valence-corrected chi connectivity index (χ0v) is 21.2. The molecular formula is C23H19Br2ClN2O4. The van der Waals surface area contributed by atoms with Crippen LogP contribution < -0.4 is 10.5 Å². The Morgan fingerprint density at radius 2 is 1.94 bits per heavy atom. The van der Waals surface area contributed by atoms with Crippen molar-refractivity contribution in [3.8, 4) is 11.8 Å². The topological polar surface area (TPSA) is 94.6 Å². The normalized spacial score (nSPS) is 15.8. The average Bonchev–Trinajstić information content (AvgIpc) is 2.73. The first kappa shape index (κ1) is 24.2. The van der Waals surface area contributed by atoms with Gasteiger partial charge >= 0.3 is 5.97 Å². The van der Waals surface area contributed by atoms with Gasteiger partial charge in [-0.2, -0.15) is 5.26 Å². The van der Waals surface area contributed by atoms with E-state index in [4.69, 9.17) is 31.5 Å². The van der Waals surface area contributed by atoms with Gasteiger partial charge in [-0.25, -0.2) is 4.79 Å². The molecule has 0 saturated heterocycles. The highest BCUT2D eigenvalue weighted by Crippen LogP contribution is 2.44. The number of allylic oxidation sites excluding steroid dienone is 2. The third-order valence-electron chi connectivity index (χ3n) is 4.78. The Hall–Kier alpha value is -2.47. The zero-order valence-electron chi connectivity index (χ0n) is 17.2. The van der Waals surface area contributed by atoms with Crippen LogP contribution in [0.25, 0.3) is 0 Å². The van der Waals surface area contributed by atoms with Gasteiger partial charge in [-0.05, 0) is 69.5 Å². The van der Waals surface area contributed by atoms with Gasteiger partial charge in [0.15, 0.2) is 0 Å². The zero-order chi connectivity index (χ0) is 23.4. The molecule has 0 bridgehead atoms. The number of carbonyl (C=O) groups excluding carboxylic acids is 1. The molecule has 2 aromatic rings. The van der Waals surface area contributed by atoms with Crippen molar-refractivity contribution in [3.05, 3.63) is 84.3 Å². The third-order valence-corrected chi connectivity index (χ3v) is 6.33. The number of benzene rings is 2. The van der Waals surface area contributed by atoms with Crippen LogP contribution in [0.2, 0.25) is 5.02 Å². The molecular weight excluding hydrogens is 564 g/mol. The summed E-state index contributed by atoms with van der Waals surface area (Å²) in [7, 11) is 0. The molecule has 0 radical (unpaired) electrons. The number of rotatable bonds is 6. The van der Waals surface area contributed by atoms with Crippen molar-refractivity contribution in [2.45, 2.75) is 26.4 Å². The lowest BCUT2D eigenvalue weighted by Gasteiger charge is -2.27. The molecule has 6 nitrogen and oxygen atoms in total. The van der Waals surface area contributed by atoms with Gasteiger partial charge in [0.2, 0.25) is 5.88 Å². The molecule has 0 fully saturated rings. The van der Waals surface area contributed by atoms with Crippen LogP contribution in [-0.2, 0) is 20.9 Å². The highest BCUT2D eigenvalue weighted by molar-refractivity contribution is 9.11. The SMILES string of the molecule is CCOC(=O)C1=C(C)OC(N)=C(C#N)C1c1cc(Br)c(OCc2ccccc2Cl)c(Br)c1. The van der Waals surface area contributed by atoms with E-state index in [2.05, 4.69) is 37.9 Å². The van der Waals surface area contributed by atoms with Gasteiger partial charge in [-0.1, -0.05) is 29.8 Å². The molecule has 0 spiro atoms. The predicted octanol–water partition coefficient (Wildman–Crippen LogP) is 6.09. The van der Waals surface area contributed by atoms with E-state index in [0.29, 0.717) is 25.3 Å². The minimum atomic E-state index is -0.752. The second-order valence-electron chi connectivity index (χ2n) is 6.81. The van der Waals surface area contributed by atoms with Gasteiger partial charge in [0.25, 0.3) is 0 Å². The maximum Gasteiger partial charge on any atom is 0.338 e. The number of halogens is 3. The summed E-state index contributed by atoms with van der Waals surface area (Å²) < 4.78 is 17.9. The molecule has 2 N–H and O–H groups in total. The summed E-state index contributed by atoms with van der Waals surface area (Å²) >= 11 is 13.3. The average molecular weight is 583 g/mol. The molecule has 0 saturated carbocycles. The molecule has 0 aliphatic carbocycles. The first-order valence-corrected chi connectivity index (χ1v) is 11.5. The summed E-state index contributed by atoms with van der Waals surface area (Å²) in [5.74, 6) is -0.528. The Bertz CT molecular complexity index is 1150. The Balaban J connectivity index is 2.01. The molecule has 166 valence electrons. The molecule has 1 heterocycles. The van der Waals surface area contributed by atoms with Crippen LogP contribution >= 0.6 is 43.5 Å². The summed E-state index contributed by atoms with van der Waals surface area (Å²) in [6, 6.07) is 13.0. The van der Waals surface area contributed by atoms with Gasteiger partial charge in [0.05, 0.1) is 27.0 Å². The molecule has 1 aliphatic heterocycles. The maximum atomic E-state index is 12.7. The fourth-order valence-electron chi connectivity index (χ4n) is 3.34. The maximum absolute atomic E-state index is 12.7. The van der Waals surface area contributed by atoms with Crippen LogP contribution in [0.15, 0.2) is 68.1 Å². The van der Waals surface area contributed by atoms with Gasteiger partial charge < -0.3 is 19.9 Å². The highest BCUT2D eigenvalue weighted by atomic mass is 79.9. The molecule has 3 rings (SSSR count). The number of nitrogens with two attached hydrogens (primary N) is 1. The lowest BCUT2D eigenvalue weighted by Crippen LogP contribution is -2.25. The van der Waals surface area contributed by atoms with Crippen molar-refractivity contribution in [2.75, 3.05) is 6.61 Å². The minimum Gasteiger partial charge on any atom is -0.486 e. The first-order chi connectivity index (χ1) is 15.3. The van der Waals surface area contributed by atoms with E-state index in [1.807, 2.05) is 18.2 Å². The number of esters is 1. The first-order valence-electron chi connectivity index (χ1n) is 9.59. The van der Waals surface area contributed by atoms with Crippen LogP contribution in [0, 0.1) is 11.3 Å².